The monoisotopic (exact) mass is 410 g/mol. The largest absolute Gasteiger partial charge is 0.343 e. The zero-order chi connectivity index (χ0) is 20.8. The molecule has 2 aliphatic heterocycles. The first-order valence-corrected chi connectivity index (χ1v) is 11.3. The van der Waals surface area contributed by atoms with E-state index >= 15 is 0 Å². The summed E-state index contributed by atoms with van der Waals surface area (Å²) in [5, 5.41) is 3.56. The van der Waals surface area contributed by atoms with Crippen LogP contribution >= 0.6 is 0 Å². The highest BCUT2D eigenvalue weighted by molar-refractivity contribution is 5.63. The minimum atomic E-state index is -0.0302. The predicted octanol–water partition coefficient (Wildman–Crippen LogP) is 4.72. The van der Waals surface area contributed by atoms with Crippen LogP contribution in [-0.4, -0.2) is 16.5 Å². The molecule has 0 saturated heterocycles. The highest BCUT2D eigenvalue weighted by atomic mass is 16.1. The lowest BCUT2D eigenvalue weighted by atomic mass is 9.77. The number of hydrogen-bond donors (Lipinski definition) is 2. The molecule has 2 N–H and O–H groups in total. The van der Waals surface area contributed by atoms with Gasteiger partial charge in [-0.2, -0.15) is 4.98 Å². The fraction of sp³-hybridized carbons (Fsp3) is 0.308. The van der Waals surface area contributed by atoms with Gasteiger partial charge in [0.15, 0.2) is 0 Å². The van der Waals surface area contributed by atoms with Crippen LogP contribution in [0.3, 0.4) is 0 Å². The Morgan fingerprint density at radius 3 is 2.55 bits per heavy atom. The molecule has 3 aromatic rings. The van der Waals surface area contributed by atoms with Gasteiger partial charge in [0.25, 0.3) is 5.56 Å². The number of anilines is 2. The number of fused-ring (bicyclic) bond motifs is 2. The Morgan fingerprint density at radius 1 is 0.903 bits per heavy atom. The second-order valence-electron chi connectivity index (χ2n) is 8.77. The second-order valence-corrected chi connectivity index (χ2v) is 8.77. The van der Waals surface area contributed by atoms with Gasteiger partial charge in [-0.05, 0) is 54.4 Å². The SMILES string of the molecule is O=c1[nH]c(N2CCc3ccccc3C2)nc2c1[C@H](c1ccccc1)C1=C(CCCC1)N2. The number of H-pyrrole nitrogens is 1. The Kier molecular flexibility index (Phi) is 4.41. The van der Waals surface area contributed by atoms with Crippen molar-refractivity contribution in [1.29, 1.82) is 0 Å². The Balaban J connectivity index is 1.44. The van der Waals surface area contributed by atoms with E-state index in [1.54, 1.807) is 0 Å². The van der Waals surface area contributed by atoms with Crippen molar-refractivity contribution in [1.82, 2.24) is 9.97 Å². The van der Waals surface area contributed by atoms with Gasteiger partial charge in [0.05, 0.1) is 5.56 Å². The summed E-state index contributed by atoms with van der Waals surface area (Å²) in [6.07, 6.45) is 5.38. The average molecular weight is 411 g/mol. The van der Waals surface area contributed by atoms with Gasteiger partial charge >= 0.3 is 0 Å². The molecule has 3 heterocycles. The zero-order valence-electron chi connectivity index (χ0n) is 17.5. The van der Waals surface area contributed by atoms with E-state index in [2.05, 4.69) is 63.7 Å². The minimum Gasteiger partial charge on any atom is -0.343 e. The summed E-state index contributed by atoms with van der Waals surface area (Å²) in [4.78, 5) is 23.7. The third-order valence-corrected chi connectivity index (χ3v) is 6.92. The van der Waals surface area contributed by atoms with Gasteiger partial charge in [0.2, 0.25) is 5.95 Å². The molecule has 5 nitrogen and oxygen atoms in total. The molecule has 31 heavy (non-hydrogen) atoms. The van der Waals surface area contributed by atoms with Crippen molar-refractivity contribution in [2.45, 2.75) is 44.6 Å². The van der Waals surface area contributed by atoms with Crippen LogP contribution in [0.5, 0.6) is 0 Å². The molecule has 2 aromatic carbocycles. The molecule has 0 spiro atoms. The lowest BCUT2D eigenvalue weighted by molar-refractivity contribution is 0.629. The summed E-state index contributed by atoms with van der Waals surface area (Å²) in [5.41, 5.74) is 7.22. The molecule has 0 unspecified atom stereocenters. The van der Waals surface area contributed by atoms with Crippen LogP contribution in [0.1, 0.15) is 53.9 Å². The molecule has 156 valence electrons. The van der Waals surface area contributed by atoms with E-state index < -0.39 is 0 Å². The van der Waals surface area contributed by atoms with Gasteiger partial charge in [0.1, 0.15) is 5.82 Å². The summed E-state index contributed by atoms with van der Waals surface area (Å²) in [6, 6.07) is 18.9. The molecule has 0 bridgehead atoms. The minimum absolute atomic E-state index is 0.0138. The smallest absolute Gasteiger partial charge is 0.258 e. The molecule has 1 atom stereocenters. The van der Waals surface area contributed by atoms with Crippen molar-refractivity contribution in [3.05, 3.63) is 98.5 Å². The maximum Gasteiger partial charge on any atom is 0.258 e. The topological polar surface area (TPSA) is 61.0 Å². The normalized spacial score (nSPS) is 19.9. The zero-order valence-corrected chi connectivity index (χ0v) is 17.5. The van der Waals surface area contributed by atoms with E-state index in [-0.39, 0.29) is 11.5 Å². The van der Waals surface area contributed by atoms with E-state index in [9.17, 15) is 4.79 Å². The van der Waals surface area contributed by atoms with E-state index in [0.717, 1.165) is 43.7 Å². The quantitative estimate of drug-likeness (QED) is 0.642. The van der Waals surface area contributed by atoms with Gasteiger partial charge in [-0.15, -0.1) is 0 Å². The van der Waals surface area contributed by atoms with Crippen LogP contribution in [0.15, 0.2) is 70.7 Å². The van der Waals surface area contributed by atoms with Crippen molar-refractivity contribution in [3.8, 4) is 0 Å². The first-order chi connectivity index (χ1) is 15.3. The van der Waals surface area contributed by atoms with Crippen molar-refractivity contribution in [2.24, 2.45) is 0 Å². The van der Waals surface area contributed by atoms with Crippen molar-refractivity contribution < 1.29 is 0 Å². The third-order valence-electron chi connectivity index (χ3n) is 6.92. The number of benzene rings is 2. The summed E-state index contributed by atoms with van der Waals surface area (Å²) < 4.78 is 0. The number of hydrogen-bond acceptors (Lipinski definition) is 4. The molecule has 1 aromatic heterocycles. The van der Waals surface area contributed by atoms with Gasteiger partial charge in [0, 0.05) is 24.7 Å². The maximum absolute atomic E-state index is 13.4. The van der Waals surface area contributed by atoms with Crippen molar-refractivity contribution >= 4 is 11.8 Å². The van der Waals surface area contributed by atoms with E-state index in [0.29, 0.717) is 5.95 Å². The molecule has 5 heteroatoms. The Hall–Kier alpha value is -3.34. The number of rotatable bonds is 2. The van der Waals surface area contributed by atoms with Crippen LogP contribution in [0.25, 0.3) is 0 Å². The van der Waals surface area contributed by atoms with Gasteiger partial charge in [-0.1, -0.05) is 54.6 Å². The molecule has 3 aliphatic rings. The lowest BCUT2D eigenvalue weighted by Gasteiger charge is -2.35. The summed E-state index contributed by atoms with van der Waals surface area (Å²) >= 11 is 0. The predicted molar refractivity (Wildman–Crippen MR) is 123 cm³/mol. The third kappa shape index (κ3) is 3.16. The van der Waals surface area contributed by atoms with E-state index in [4.69, 9.17) is 4.98 Å². The van der Waals surface area contributed by atoms with Crippen LogP contribution in [-0.2, 0) is 13.0 Å². The van der Waals surface area contributed by atoms with E-state index in [1.165, 1.54) is 40.8 Å². The number of nitrogens with one attached hydrogen (secondary N) is 2. The van der Waals surface area contributed by atoms with Crippen LogP contribution < -0.4 is 15.8 Å². The second kappa shape index (κ2) is 7.41. The molecule has 6 rings (SSSR count). The Labute approximate surface area is 181 Å². The van der Waals surface area contributed by atoms with Gasteiger partial charge in [-0.3, -0.25) is 9.78 Å². The van der Waals surface area contributed by atoms with E-state index in [1.807, 2.05) is 6.07 Å². The summed E-state index contributed by atoms with van der Waals surface area (Å²) in [7, 11) is 0. The fourth-order valence-electron chi connectivity index (χ4n) is 5.38. The Bertz CT molecular complexity index is 1230. The number of allylic oxidation sites excluding steroid dienone is 2. The summed E-state index contributed by atoms with van der Waals surface area (Å²) in [5.74, 6) is 1.38. The first kappa shape index (κ1) is 18.4. The van der Waals surface area contributed by atoms with Crippen LogP contribution in [0.2, 0.25) is 0 Å². The number of aromatic amines is 1. The van der Waals surface area contributed by atoms with Crippen LogP contribution in [0, 0.1) is 0 Å². The molecular formula is C26H26N4O. The lowest BCUT2D eigenvalue weighted by Crippen LogP contribution is -2.35. The first-order valence-electron chi connectivity index (χ1n) is 11.3. The average Bonchev–Trinajstić information content (AvgIpc) is 2.83. The molecule has 0 radical (unpaired) electrons. The Morgan fingerprint density at radius 2 is 1.68 bits per heavy atom. The number of nitrogens with zero attached hydrogens (tertiary/aromatic N) is 2. The highest BCUT2D eigenvalue weighted by Gasteiger charge is 2.34. The van der Waals surface area contributed by atoms with Gasteiger partial charge < -0.3 is 10.2 Å². The highest BCUT2D eigenvalue weighted by Crippen LogP contribution is 2.44. The molecule has 0 saturated carbocycles. The summed E-state index contributed by atoms with van der Waals surface area (Å²) in [6.45, 7) is 1.63. The fourth-order valence-corrected chi connectivity index (χ4v) is 5.38. The molecule has 1 aliphatic carbocycles. The van der Waals surface area contributed by atoms with Crippen LogP contribution in [0.4, 0.5) is 11.8 Å². The molecule has 0 fully saturated rings. The van der Waals surface area contributed by atoms with Gasteiger partial charge in [-0.25, -0.2) is 0 Å². The standard InChI is InChI=1S/C26H26N4O/c31-25-23-22(18-9-2-1-3-10-18)20-12-6-7-13-21(20)27-24(23)28-26(29-25)30-15-14-17-8-4-5-11-19(17)16-30/h1-5,8-11,22H,6-7,12-16H2,(H2,27,28,29,31)/t22-/m1/s1. The van der Waals surface area contributed by atoms with Crippen molar-refractivity contribution in [2.75, 3.05) is 16.8 Å². The molecule has 0 amide bonds. The number of aromatic nitrogens is 2. The van der Waals surface area contributed by atoms with Crippen molar-refractivity contribution in [3.63, 3.8) is 0 Å². The molecular weight excluding hydrogens is 384 g/mol. The maximum atomic E-state index is 13.4.